The zero-order valence-electron chi connectivity index (χ0n) is 14.6. The van der Waals surface area contributed by atoms with E-state index in [-0.39, 0.29) is 24.8 Å². The third-order valence-electron chi connectivity index (χ3n) is 3.90. The average molecular weight is 493 g/mol. The minimum atomic E-state index is -0.473. The summed E-state index contributed by atoms with van der Waals surface area (Å²) < 4.78 is 12.2. The Morgan fingerprint density at radius 3 is 2.46 bits per heavy atom. The first-order valence-corrected chi connectivity index (χ1v) is 9.40. The molecule has 0 aliphatic carbocycles. The summed E-state index contributed by atoms with van der Waals surface area (Å²) in [5.74, 6) is 0.352. The summed E-state index contributed by atoms with van der Waals surface area (Å²) in [5, 5.41) is 10.7. The quantitative estimate of drug-likeness (QED) is 0.221. The van der Waals surface area contributed by atoms with Crippen molar-refractivity contribution in [1.29, 1.82) is 0 Å². The molecule has 8 nitrogen and oxygen atoms in total. The highest BCUT2D eigenvalue weighted by molar-refractivity contribution is 14.1. The fourth-order valence-electron chi connectivity index (χ4n) is 2.41. The van der Waals surface area contributed by atoms with Gasteiger partial charge in [-0.2, -0.15) is 0 Å². The van der Waals surface area contributed by atoms with E-state index in [0.717, 1.165) is 3.57 Å². The van der Waals surface area contributed by atoms with Crippen LogP contribution in [-0.2, 0) is 4.74 Å². The second kappa shape index (κ2) is 9.31. The number of hydrogen-bond acceptors (Lipinski definition) is 6. The van der Waals surface area contributed by atoms with Crippen LogP contribution in [0.2, 0.25) is 0 Å². The molecule has 1 unspecified atom stereocenters. The van der Waals surface area contributed by atoms with Gasteiger partial charge < -0.3 is 14.5 Å². The van der Waals surface area contributed by atoms with E-state index in [0.29, 0.717) is 17.1 Å². The van der Waals surface area contributed by atoms with Crippen molar-refractivity contribution in [3.63, 3.8) is 0 Å². The Kier molecular flexibility index (Phi) is 6.58. The molecule has 0 aliphatic heterocycles. The minimum absolute atomic E-state index is 0.0126. The number of benzene rings is 2. The van der Waals surface area contributed by atoms with Crippen molar-refractivity contribution in [2.75, 3.05) is 13.2 Å². The highest BCUT2D eigenvalue weighted by Crippen LogP contribution is 2.20. The molecule has 1 aromatic heterocycles. The number of imidazole rings is 1. The molecule has 28 heavy (non-hydrogen) atoms. The number of nitrogens with zero attached hydrogens (tertiary/aromatic N) is 2. The van der Waals surface area contributed by atoms with Crippen LogP contribution in [0.15, 0.2) is 60.9 Å². The molecule has 2 aromatic carbocycles. The molecule has 3 aromatic rings. The number of rotatable bonds is 8. The van der Waals surface area contributed by atoms with Crippen LogP contribution in [0.5, 0.6) is 5.75 Å². The molecule has 1 atom stereocenters. The van der Waals surface area contributed by atoms with Crippen LogP contribution in [0.3, 0.4) is 0 Å². The van der Waals surface area contributed by atoms with Gasteiger partial charge in [-0.3, -0.25) is 10.1 Å². The van der Waals surface area contributed by atoms with E-state index >= 15 is 0 Å². The molecule has 0 fully saturated rings. The maximum atomic E-state index is 12.2. The number of H-pyrrole nitrogens is 1. The third kappa shape index (κ3) is 5.28. The maximum Gasteiger partial charge on any atom is 0.338 e. The standard InChI is InChI=1S/C19H16IN3O5/c20-15-3-1-13(2-4-15)19(24)28-12-14(18-21-9-10-22-18)11-27-17-7-5-16(6-8-17)23(25)26/h1-10,14H,11-12H2,(H,21,22). The highest BCUT2D eigenvalue weighted by atomic mass is 127. The second-order valence-corrected chi connectivity index (χ2v) is 7.08. The fraction of sp³-hybridized carbons (Fsp3) is 0.158. The smallest absolute Gasteiger partial charge is 0.338 e. The van der Waals surface area contributed by atoms with Crippen LogP contribution in [0.1, 0.15) is 22.1 Å². The Morgan fingerprint density at radius 1 is 1.14 bits per heavy atom. The van der Waals surface area contributed by atoms with Gasteiger partial charge in [0.05, 0.1) is 16.4 Å². The van der Waals surface area contributed by atoms with Gasteiger partial charge in [0.25, 0.3) is 5.69 Å². The van der Waals surface area contributed by atoms with Crippen molar-refractivity contribution < 1.29 is 19.2 Å². The molecule has 3 rings (SSSR count). The molecule has 0 bridgehead atoms. The second-order valence-electron chi connectivity index (χ2n) is 5.84. The summed E-state index contributed by atoms with van der Waals surface area (Å²) in [6.45, 7) is 0.261. The van der Waals surface area contributed by atoms with Gasteiger partial charge in [0.2, 0.25) is 0 Å². The number of hydrogen-bond donors (Lipinski definition) is 1. The van der Waals surface area contributed by atoms with Gasteiger partial charge >= 0.3 is 5.97 Å². The number of halogens is 1. The lowest BCUT2D eigenvalue weighted by Crippen LogP contribution is -2.20. The van der Waals surface area contributed by atoms with Crippen LogP contribution < -0.4 is 4.74 Å². The Balaban J connectivity index is 1.62. The number of carbonyl (C=O) groups excluding carboxylic acids is 1. The van der Waals surface area contributed by atoms with Gasteiger partial charge in [-0.05, 0) is 59.0 Å². The molecule has 9 heteroatoms. The Hall–Kier alpha value is -2.95. The lowest BCUT2D eigenvalue weighted by atomic mass is 10.1. The SMILES string of the molecule is O=C(OCC(COc1ccc([N+](=O)[O-])cc1)c1ncc[nH]1)c1ccc(I)cc1. The van der Waals surface area contributed by atoms with E-state index < -0.39 is 10.9 Å². The van der Waals surface area contributed by atoms with Crippen LogP contribution in [0, 0.1) is 13.7 Å². The van der Waals surface area contributed by atoms with Crippen LogP contribution in [0.4, 0.5) is 5.69 Å². The molecular weight excluding hydrogens is 477 g/mol. The van der Waals surface area contributed by atoms with Crippen LogP contribution in [-0.4, -0.2) is 34.1 Å². The molecule has 0 radical (unpaired) electrons. The van der Waals surface area contributed by atoms with E-state index in [2.05, 4.69) is 32.6 Å². The first-order chi connectivity index (χ1) is 13.5. The molecule has 1 heterocycles. The zero-order chi connectivity index (χ0) is 19.9. The number of nitro benzene ring substituents is 1. The number of carbonyl (C=O) groups is 1. The number of ether oxygens (including phenoxy) is 2. The number of esters is 1. The molecule has 0 aliphatic rings. The summed E-state index contributed by atoms with van der Waals surface area (Å²) in [5.41, 5.74) is 0.455. The number of nitrogens with one attached hydrogen (secondary N) is 1. The first-order valence-electron chi connectivity index (χ1n) is 8.32. The van der Waals surface area contributed by atoms with Crippen LogP contribution in [0.25, 0.3) is 0 Å². The van der Waals surface area contributed by atoms with E-state index in [4.69, 9.17) is 9.47 Å². The number of aromatic nitrogens is 2. The lowest BCUT2D eigenvalue weighted by molar-refractivity contribution is -0.384. The van der Waals surface area contributed by atoms with Crippen molar-refractivity contribution in [2.45, 2.75) is 5.92 Å². The Bertz CT molecular complexity index is 927. The van der Waals surface area contributed by atoms with E-state index in [1.807, 2.05) is 12.1 Å². The van der Waals surface area contributed by atoms with Crippen molar-refractivity contribution >= 4 is 34.2 Å². The average Bonchev–Trinajstić information content (AvgIpc) is 3.23. The highest BCUT2D eigenvalue weighted by Gasteiger charge is 2.19. The third-order valence-corrected chi connectivity index (χ3v) is 4.62. The van der Waals surface area contributed by atoms with E-state index in [1.165, 1.54) is 24.3 Å². The lowest BCUT2D eigenvalue weighted by Gasteiger charge is -2.16. The summed E-state index contributed by atoms with van der Waals surface area (Å²) in [6, 6.07) is 12.9. The molecule has 1 N–H and O–H groups in total. The van der Waals surface area contributed by atoms with E-state index in [9.17, 15) is 14.9 Å². The van der Waals surface area contributed by atoms with Gasteiger partial charge in [-0.25, -0.2) is 9.78 Å². The van der Waals surface area contributed by atoms with Crippen LogP contribution >= 0.6 is 22.6 Å². The predicted octanol–water partition coefficient (Wildman–Crippen LogP) is 3.94. The summed E-state index contributed by atoms with van der Waals surface area (Å²) in [6.07, 6.45) is 3.28. The van der Waals surface area contributed by atoms with Gasteiger partial charge in [0.1, 0.15) is 24.8 Å². The minimum Gasteiger partial charge on any atom is -0.493 e. The van der Waals surface area contributed by atoms with Crippen molar-refractivity contribution in [3.05, 3.63) is 86.0 Å². The molecule has 0 spiro atoms. The Labute approximate surface area is 174 Å². The topological polar surface area (TPSA) is 107 Å². The van der Waals surface area contributed by atoms with Gasteiger partial charge in [-0.15, -0.1) is 0 Å². The number of nitro groups is 1. The van der Waals surface area contributed by atoms with Gasteiger partial charge in [0, 0.05) is 28.1 Å². The normalized spacial score (nSPS) is 11.6. The monoisotopic (exact) mass is 493 g/mol. The van der Waals surface area contributed by atoms with Crippen molar-refractivity contribution in [2.24, 2.45) is 0 Å². The van der Waals surface area contributed by atoms with Gasteiger partial charge in [-0.1, -0.05) is 0 Å². The first kappa shape index (κ1) is 19.8. The van der Waals surface area contributed by atoms with Crippen molar-refractivity contribution in [1.82, 2.24) is 9.97 Å². The summed E-state index contributed by atoms with van der Waals surface area (Å²) in [7, 11) is 0. The predicted molar refractivity (Wildman–Crippen MR) is 109 cm³/mol. The molecule has 144 valence electrons. The Morgan fingerprint density at radius 2 is 1.86 bits per heavy atom. The van der Waals surface area contributed by atoms with Crippen molar-refractivity contribution in [3.8, 4) is 5.75 Å². The summed E-state index contributed by atoms with van der Waals surface area (Å²) >= 11 is 2.16. The number of non-ortho nitro benzene ring substituents is 1. The van der Waals surface area contributed by atoms with Gasteiger partial charge in [0.15, 0.2) is 0 Å². The zero-order valence-corrected chi connectivity index (χ0v) is 16.7. The summed E-state index contributed by atoms with van der Waals surface area (Å²) in [4.78, 5) is 29.7. The molecule has 0 amide bonds. The molecule has 0 saturated heterocycles. The number of aromatic amines is 1. The fourth-order valence-corrected chi connectivity index (χ4v) is 2.77. The largest absolute Gasteiger partial charge is 0.493 e. The molecule has 0 saturated carbocycles. The van der Waals surface area contributed by atoms with E-state index in [1.54, 1.807) is 24.5 Å². The maximum absolute atomic E-state index is 12.2. The molecular formula is C19H16IN3O5.